The van der Waals surface area contributed by atoms with Gasteiger partial charge in [0.25, 0.3) is 0 Å². The number of amides is 1. The smallest absolute Gasteiger partial charge is 0.305 e. The van der Waals surface area contributed by atoms with Crippen molar-refractivity contribution in [1.29, 1.82) is 0 Å². The molecule has 1 aliphatic heterocycles. The van der Waals surface area contributed by atoms with Crippen LogP contribution in [0.5, 0.6) is 0 Å². The Morgan fingerprint density at radius 3 is 2.67 bits per heavy atom. The second kappa shape index (κ2) is 6.18. The topological polar surface area (TPSA) is 78.4 Å². The average molecular weight is 254 g/mol. The van der Waals surface area contributed by atoms with Crippen LogP contribution in [0.3, 0.4) is 0 Å². The van der Waals surface area contributed by atoms with Gasteiger partial charge in [0.2, 0.25) is 5.91 Å². The Balaban J connectivity index is 1.75. The first-order chi connectivity index (χ1) is 8.65. The Morgan fingerprint density at radius 2 is 2.11 bits per heavy atom. The van der Waals surface area contributed by atoms with E-state index in [9.17, 15) is 9.59 Å². The normalized spacial score (nSPS) is 25.4. The van der Waals surface area contributed by atoms with Crippen molar-refractivity contribution in [3.05, 3.63) is 0 Å². The molecule has 1 aliphatic carbocycles. The molecule has 2 fully saturated rings. The van der Waals surface area contributed by atoms with Gasteiger partial charge in [0.15, 0.2) is 0 Å². The fourth-order valence-electron chi connectivity index (χ4n) is 2.65. The lowest BCUT2D eigenvalue weighted by atomic mass is 9.95. The van der Waals surface area contributed by atoms with Crippen molar-refractivity contribution in [1.82, 2.24) is 10.6 Å². The number of nitrogens with one attached hydrogen (secondary N) is 2. The highest BCUT2D eigenvalue weighted by molar-refractivity contribution is 5.77. The van der Waals surface area contributed by atoms with Crippen LogP contribution in [0.2, 0.25) is 0 Å². The van der Waals surface area contributed by atoms with E-state index in [1.165, 1.54) is 0 Å². The highest BCUT2D eigenvalue weighted by atomic mass is 16.4. The largest absolute Gasteiger partial charge is 0.481 e. The van der Waals surface area contributed by atoms with Gasteiger partial charge in [0.1, 0.15) is 0 Å². The van der Waals surface area contributed by atoms with Gasteiger partial charge in [-0.3, -0.25) is 9.59 Å². The van der Waals surface area contributed by atoms with Gasteiger partial charge in [-0.15, -0.1) is 0 Å². The van der Waals surface area contributed by atoms with Crippen molar-refractivity contribution in [3.8, 4) is 0 Å². The molecule has 102 valence electrons. The zero-order chi connectivity index (χ0) is 13.0. The molecule has 0 radical (unpaired) electrons. The van der Waals surface area contributed by atoms with Crippen LogP contribution in [0.25, 0.3) is 0 Å². The summed E-state index contributed by atoms with van der Waals surface area (Å²) in [5.74, 6) is -0.0219. The second-order valence-electron chi connectivity index (χ2n) is 5.53. The fraction of sp³-hybridized carbons (Fsp3) is 0.846. The molecule has 18 heavy (non-hydrogen) atoms. The number of carboxylic acids is 1. The minimum Gasteiger partial charge on any atom is -0.481 e. The zero-order valence-electron chi connectivity index (χ0n) is 10.7. The van der Waals surface area contributed by atoms with Crippen molar-refractivity contribution in [2.75, 3.05) is 13.1 Å². The summed E-state index contributed by atoms with van der Waals surface area (Å²) in [6, 6.07) is -0.161. The van der Waals surface area contributed by atoms with Gasteiger partial charge in [-0.25, -0.2) is 0 Å². The number of rotatable bonds is 6. The molecule has 0 bridgehead atoms. The molecule has 0 aromatic heterocycles. The maximum atomic E-state index is 11.9. The molecule has 3 N–H and O–H groups in total. The summed E-state index contributed by atoms with van der Waals surface area (Å²) in [6.07, 6.45) is 4.88. The van der Waals surface area contributed by atoms with Crippen LogP contribution in [-0.4, -0.2) is 36.1 Å². The summed E-state index contributed by atoms with van der Waals surface area (Å²) in [5, 5.41) is 15.0. The third kappa shape index (κ3) is 4.29. The molecule has 2 atom stereocenters. The summed E-state index contributed by atoms with van der Waals surface area (Å²) >= 11 is 0. The third-order valence-electron chi connectivity index (χ3n) is 3.80. The number of carbonyl (C=O) groups is 2. The first-order valence-corrected chi connectivity index (χ1v) is 6.87. The van der Waals surface area contributed by atoms with Gasteiger partial charge in [-0.2, -0.15) is 0 Å². The van der Waals surface area contributed by atoms with Crippen molar-refractivity contribution in [2.24, 2.45) is 11.8 Å². The molecule has 2 aliphatic rings. The van der Waals surface area contributed by atoms with Gasteiger partial charge in [0, 0.05) is 12.5 Å². The SMILES string of the molecule is O=C(O)CC(NC(=O)CC1CCCNC1)C1CC1. The monoisotopic (exact) mass is 254 g/mol. The summed E-state index contributed by atoms with van der Waals surface area (Å²) in [6.45, 7) is 1.95. The van der Waals surface area contributed by atoms with Gasteiger partial charge >= 0.3 is 5.97 Å². The van der Waals surface area contributed by atoms with Gasteiger partial charge in [-0.05, 0) is 50.6 Å². The van der Waals surface area contributed by atoms with Crippen molar-refractivity contribution in [3.63, 3.8) is 0 Å². The fourth-order valence-corrected chi connectivity index (χ4v) is 2.65. The molecule has 2 rings (SSSR count). The number of aliphatic carboxylic acids is 1. The number of piperidine rings is 1. The van der Waals surface area contributed by atoms with E-state index in [1.54, 1.807) is 0 Å². The summed E-state index contributed by atoms with van der Waals surface area (Å²) in [7, 11) is 0. The van der Waals surface area contributed by atoms with Gasteiger partial charge in [-0.1, -0.05) is 0 Å². The van der Waals surface area contributed by atoms with E-state index in [1.807, 2.05) is 0 Å². The Labute approximate surface area is 107 Å². The Morgan fingerprint density at radius 1 is 1.33 bits per heavy atom. The highest BCUT2D eigenvalue weighted by Crippen LogP contribution is 2.34. The molecule has 1 amide bonds. The van der Waals surface area contributed by atoms with Crippen molar-refractivity contribution in [2.45, 2.75) is 44.6 Å². The molecule has 1 heterocycles. The molecule has 1 saturated carbocycles. The molecule has 2 unspecified atom stereocenters. The molecule has 0 aromatic carbocycles. The molecule has 5 heteroatoms. The summed E-state index contributed by atoms with van der Waals surface area (Å²) < 4.78 is 0. The van der Waals surface area contributed by atoms with Crippen molar-refractivity contribution >= 4 is 11.9 Å². The first-order valence-electron chi connectivity index (χ1n) is 6.87. The zero-order valence-corrected chi connectivity index (χ0v) is 10.7. The molecular weight excluding hydrogens is 232 g/mol. The quantitative estimate of drug-likeness (QED) is 0.653. The van der Waals surface area contributed by atoms with Crippen LogP contribution in [0.4, 0.5) is 0 Å². The van der Waals surface area contributed by atoms with E-state index in [2.05, 4.69) is 10.6 Å². The molecule has 1 saturated heterocycles. The molecular formula is C13H22N2O3. The average Bonchev–Trinajstić information content (AvgIpc) is 3.12. The van der Waals surface area contributed by atoms with Gasteiger partial charge in [0.05, 0.1) is 6.42 Å². The van der Waals surface area contributed by atoms with E-state index in [-0.39, 0.29) is 18.4 Å². The standard InChI is InChI=1S/C13H22N2O3/c16-12(6-9-2-1-5-14-8-9)15-11(7-13(17)18)10-3-4-10/h9-11,14H,1-8H2,(H,15,16)(H,17,18). The Hall–Kier alpha value is -1.10. The van der Waals surface area contributed by atoms with E-state index < -0.39 is 5.97 Å². The summed E-state index contributed by atoms with van der Waals surface area (Å²) in [5.41, 5.74) is 0. The summed E-state index contributed by atoms with van der Waals surface area (Å²) in [4.78, 5) is 22.7. The van der Waals surface area contributed by atoms with Crippen LogP contribution < -0.4 is 10.6 Å². The maximum absolute atomic E-state index is 11.9. The number of hydrogen-bond donors (Lipinski definition) is 3. The Bertz CT molecular complexity index is 309. The molecule has 5 nitrogen and oxygen atoms in total. The third-order valence-corrected chi connectivity index (χ3v) is 3.80. The van der Waals surface area contributed by atoms with E-state index in [0.717, 1.165) is 38.8 Å². The second-order valence-corrected chi connectivity index (χ2v) is 5.53. The van der Waals surface area contributed by atoms with E-state index in [0.29, 0.717) is 18.3 Å². The minimum atomic E-state index is -0.827. The predicted molar refractivity (Wildman–Crippen MR) is 67.1 cm³/mol. The maximum Gasteiger partial charge on any atom is 0.305 e. The molecule has 0 spiro atoms. The van der Waals surface area contributed by atoms with E-state index >= 15 is 0 Å². The lowest BCUT2D eigenvalue weighted by Gasteiger charge is -2.23. The number of hydrogen-bond acceptors (Lipinski definition) is 3. The lowest BCUT2D eigenvalue weighted by Crippen LogP contribution is -2.40. The highest BCUT2D eigenvalue weighted by Gasteiger charge is 2.34. The molecule has 0 aromatic rings. The van der Waals surface area contributed by atoms with Crippen LogP contribution in [-0.2, 0) is 9.59 Å². The Kier molecular flexibility index (Phi) is 4.58. The van der Waals surface area contributed by atoms with Crippen LogP contribution >= 0.6 is 0 Å². The van der Waals surface area contributed by atoms with Crippen LogP contribution in [0.15, 0.2) is 0 Å². The first kappa shape index (κ1) is 13.3. The van der Waals surface area contributed by atoms with Crippen LogP contribution in [0.1, 0.15) is 38.5 Å². The lowest BCUT2D eigenvalue weighted by molar-refractivity contribution is -0.137. The predicted octanol–water partition coefficient (Wildman–Crippen LogP) is 0.746. The number of carboxylic acid groups (broad SMARTS) is 1. The minimum absolute atomic E-state index is 0.0156. The van der Waals surface area contributed by atoms with Crippen LogP contribution in [0, 0.1) is 11.8 Å². The number of carbonyl (C=O) groups excluding carboxylic acids is 1. The van der Waals surface area contributed by atoms with Gasteiger partial charge < -0.3 is 15.7 Å². The van der Waals surface area contributed by atoms with Crippen molar-refractivity contribution < 1.29 is 14.7 Å². The van der Waals surface area contributed by atoms with E-state index in [4.69, 9.17) is 5.11 Å².